The number of hydrogen-bond donors (Lipinski definition) is 0. The van der Waals surface area contributed by atoms with E-state index in [1.165, 1.54) is 11.6 Å². The molecule has 0 amide bonds. The second-order valence-corrected chi connectivity index (χ2v) is 5.16. The predicted molar refractivity (Wildman–Crippen MR) is 82.2 cm³/mol. The molecule has 104 valence electrons. The number of halogens is 1. The van der Waals surface area contributed by atoms with Crippen LogP contribution in [-0.4, -0.2) is 4.92 Å². The molecule has 20 heavy (non-hydrogen) atoms. The molecule has 4 heteroatoms. The van der Waals surface area contributed by atoms with E-state index < -0.39 is 4.92 Å². The fourth-order valence-electron chi connectivity index (χ4n) is 2.13. The van der Waals surface area contributed by atoms with Gasteiger partial charge in [-0.2, -0.15) is 0 Å². The van der Waals surface area contributed by atoms with Gasteiger partial charge in [0.05, 0.1) is 10.5 Å². The Bertz CT molecular complexity index is 608. The van der Waals surface area contributed by atoms with Gasteiger partial charge in [-0.25, -0.2) is 0 Å². The van der Waals surface area contributed by atoms with Gasteiger partial charge in [0.2, 0.25) is 0 Å². The van der Waals surface area contributed by atoms with Crippen molar-refractivity contribution < 1.29 is 4.92 Å². The van der Waals surface area contributed by atoms with Gasteiger partial charge in [-0.05, 0) is 36.1 Å². The highest BCUT2D eigenvalue weighted by Gasteiger charge is 2.15. The van der Waals surface area contributed by atoms with Crippen LogP contribution in [0.3, 0.4) is 0 Å². The third-order valence-corrected chi connectivity index (χ3v) is 3.48. The van der Waals surface area contributed by atoms with E-state index in [2.05, 4.69) is 6.92 Å². The molecule has 0 N–H and O–H groups in total. The standard InChI is InChI=1S/C16H16ClNO2/c1-2-3-4-12-5-7-13(8-6-12)15-10-9-14(17)11-16(15)18(19)20/h5-11H,2-4H2,1H3. The highest BCUT2D eigenvalue weighted by molar-refractivity contribution is 6.30. The first-order valence-electron chi connectivity index (χ1n) is 6.65. The number of hydrogen-bond acceptors (Lipinski definition) is 2. The molecule has 0 radical (unpaired) electrons. The number of rotatable bonds is 5. The molecule has 0 aliphatic carbocycles. The Balaban J connectivity index is 2.34. The van der Waals surface area contributed by atoms with E-state index in [1.54, 1.807) is 12.1 Å². The zero-order valence-electron chi connectivity index (χ0n) is 11.3. The van der Waals surface area contributed by atoms with Crippen molar-refractivity contribution in [3.8, 4) is 11.1 Å². The summed E-state index contributed by atoms with van der Waals surface area (Å²) in [4.78, 5) is 10.7. The predicted octanol–water partition coefficient (Wildman–Crippen LogP) is 5.26. The van der Waals surface area contributed by atoms with Crippen LogP contribution in [0.5, 0.6) is 0 Å². The molecule has 0 atom stereocenters. The lowest BCUT2D eigenvalue weighted by atomic mass is 10.0. The molecule has 0 aliphatic rings. The van der Waals surface area contributed by atoms with Gasteiger partial charge in [-0.1, -0.05) is 49.2 Å². The molecule has 0 bridgehead atoms. The van der Waals surface area contributed by atoms with Gasteiger partial charge in [0.25, 0.3) is 5.69 Å². The van der Waals surface area contributed by atoms with Gasteiger partial charge in [0.1, 0.15) is 0 Å². The van der Waals surface area contributed by atoms with E-state index in [1.807, 2.05) is 24.3 Å². The lowest BCUT2D eigenvalue weighted by Gasteiger charge is -2.05. The molecule has 0 heterocycles. The van der Waals surface area contributed by atoms with Crippen LogP contribution in [0, 0.1) is 10.1 Å². The average molecular weight is 290 g/mol. The van der Waals surface area contributed by atoms with Crippen LogP contribution in [0.25, 0.3) is 11.1 Å². The van der Waals surface area contributed by atoms with E-state index in [0.717, 1.165) is 24.8 Å². The van der Waals surface area contributed by atoms with Gasteiger partial charge in [-0.3, -0.25) is 10.1 Å². The van der Waals surface area contributed by atoms with Gasteiger partial charge < -0.3 is 0 Å². The summed E-state index contributed by atoms with van der Waals surface area (Å²) in [6, 6.07) is 12.7. The van der Waals surface area contributed by atoms with Crippen LogP contribution in [0.4, 0.5) is 5.69 Å². The first-order chi connectivity index (χ1) is 9.61. The van der Waals surface area contributed by atoms with Crippen LogP contribution in [-0.2, 0) is 6.42 Å². The summed E-state index contributed by atoms with van der Waals surface area (Å²) in [5, 5.41) is 11.5. The lowest BCUT2D eigenvalue weighted by Crippen LogP contribution is -1.92. The monoisotopic (exact) mass is 289 g/mol. The Kier molecular flexibility index (Phi) is 4.74. The van der Waals surface area contributed by atoms with Gasteiger partial charge in [0.15, 0.2) is 0 Å². The second kappa shape index (κ2) is 6.53. The third kappa shape index (κ3) is 3.36. The van der Waals surface area contributed by atoms with Crippen molar-refractivity contribution in [3.05, 3.63) is 63.2 Å². The molecule has 2 aromatic carbocycles. The number of nitro groups is 1. The molecule has 2 rings (SSSR count). The van der Waals surface area contributed by atoms with E-state index in [0.29, 0.717) is 10.6 Å². The third-order valence-electron chi connectivity index (χ3n) is 3.24. The van der Waals surface area contributed by atoms with Crippen LogP contribution in [0.15, 0.2) is 42.5 Å². The van der Waals surface area contributed by atoms with Crippen molar-refractivity contribution in [1.82, 2.24) is 0 Å². The molecule has 0 fully saturated rings. The molecule has 0 unspecified atom stereocenters. The summed E-state index contributed by atoms with van der Waals surface area (Å²) in [7, 11) is 0. The maximum absolute atomic E-state index is 11.1. The smallest absolute Gasteiger partial charge is 0.258 e. The number of unbranched alkanes of at least 4 members (excludes halogenated alkanes) is 1. The van der Waals surface area contributed by atoms with Gasteiger partial charge >= 0.3 is 0 Å². The largest absolute Gasteiger partial charge is 0.278 e. The summed E-state index contributed by atoms with van der Waals surface area (Å²) < 4.78 is 0. The fourth-order valence-corrected chi connectivity index (χ4v) is 2.30. The summed E-state index contributed by atoms with van der Waals surface area (Å²) in [5.74, 6) is 0. The van der Waals surface area contributed by atoms with E-state index in [9.17, 15) is 10.1 Å². The highest BCUT2D eigenvalue weighted by atomic mass is 35.5. The first kappa shape index (κ1) is 14.5. The molecule has 0 saturated heterocycles. The van der Waals surface area contributed by atoms with Crippen molar-refractivity contribution in [1.29, 1.82) is 0 Å². The van der Waals surface area contributed by atoms with Crippen molar-refractivity contribution in [3.63, 3.8) is 0 Å². The minimum atomic E-state index is -0.397. The quantitative estimate of drug-likeness (QED) is 0.557. The van der Waals surface area contributed by atoms with Crippen molar-refractivity contribution >= 4 is 17.3 Å². The second-order valence-electron chi connectivity index (χ2n) is 4.72. The maximum atomic E-state index is 11.1. The van der Waals surface area contributed by atoms with E-state index in [-0.39, 0.29) is 5.69 Å². The number of nitrogens with zero attached hydrogens (tertiary/aromatic N) is 1. The Morgan fingerprint density at radius 1 is 1.15 bits per heavy atom. The van der Waals surface area contributed by atoms with Crippen molar-refractivity contribution in [2.45, 2.75) is 26.2 Å². The Hall–Kier alpha value is -1.87. The zero-order chi connectivity index (χ0) is 14.5. The SMILES string of the molecule is CCCCc1ccc(-c2ccc(Cl)cc2[N+](=O)[O-])cc1. The molecule has 3 nitrogen and oxygen atoms in total. The summed E-state index contributed by atoms with van der Waals surface area (Å²) >= 11 is 5.83. The first-order valence-corrected chi connectivity index (χ1v) is 7.03. The maximum Gasteiger partial charge on any atom is 0.278 e. The molecule has 0 aliphatic heterocycles. The molecule has 0 saturated carbocycles. The van der Waals surface area contributed by atoms with Gasteiger partial charge in [0, 0.05) is 11.1 Å². The average Bonchev–Trinajstić information content (AvgIpc) is 2.45. The molecule has 0 spiro atoms. The minimum absolute atomic E-state index is 0.0406. The summed E-state index contributed by atoms with van der Waals surface area (Å²) in [6.07, 6.45) is 3.35. The molecule has 2 aromatic rings. The van der Waals surface area contributed by atoms with Gasteiger partial charge in [-0.15, -0.1) is 0 Å². The van der Waals surface area contributed by atoms with E-state index in [4.69, 9.17) is 11.6 Å². The number of nitro benzene ring substituents is 1. The van der Waals surface area contributed by atoms with E-state index >= 15 is 0 Å². The van der Waals surface area contributed by atoms with Crippen LogP contribution < -0.4 is 0 Å². The molecular formula is C16H16ClNO2. The number of aryl methyl sites for hydroxylation is 1. The van der Waals surface area contributed by atoms with Crippen molar-refractivity contribution in [2.75, 3.05) is 0 Å². The minimum Gasteiger partial charge on any atom is -0.258 e. The summed E-state index contributed by atoms with van der Waals surface area (Å²) in [5.41, 5.74) is 2.74. The lowest BCUT2D eigenvalue weighted by molar-refractivity contribution is -0.384. The zero-order valence-corrected chi connectivity index (χ0v) is 12.1. The summed E-state index contributed by atoms with van der Waals surface area (Å²) in [6.45, 7) is 2.16. The Morgan fingerprint density at radius 3 is 2.45 bits per heavy atom. The number of benzene rings is 2. The highest BCUT2D eigenvalue weighted by Crippen LogP contribution is 2.32. The normalized spacial score (nSPS) is 10.5. The van der Waals surface area contributed by atoms with Crippen LogP contribution in [0.1, 0.15) is 25.3 Å². The Labute approximate surface area is 123 Å². The fraction of sp³-hybridized carbons (Fsp3) is 0.250. The Morgan fingerprint density at radius 2 is 1.85 bits per heavy atom. The van der Waals surface area contributed by atoms with Crippen molar-refractivity contribution in [2.24, 2.45) is 0 Å². The molecule has 0 aromatic heterocycles. The topological polar surface area (TPSA) is 43.1 Å². The molecular weight excluding hydrogens is 274 g/mol. The van der Waals surface area contributed by atoms with Crippen LogP contribution >= 0.6 is 11.6 Å². The van der Waals surface area contributed by atoms with Crippen LogP contribution in [0.2, 0.25) is 5.02 Å².